The van der Waals surface area contributed by atoms with E-state index in [1.54, 1.807) is 7.11 Å². The predicted molar refractivity (Wildman–Crippen MR) is 104 cm³/mol. The summed E-state index contributed by atoms with van der Waals surface area (Å²) in [6.07, 6.45) is 10.6. The molecule has 0 radical (unpaired) electrons. The van der Waals surface area contributed by atoms with Crippen molar-refractivity contribution in [3.8, 4) is 11.6 Å². The third-order valence-corrected chi connectivity index (χ3v) is 5.17. The van der Waals surface area contributed by atoms with Crippen LogP contribution in [0.15, 0.2) is 49.1 Å². The Morgan fingerprint density at radius 2 is 2.04 bits per heavy atom. The minimum absolute atomic E-state index is 0.299. The zero-order valence-corrected chi connectivity index (χ0v) is 15.9. The largest absolute Gasteiger partial charge is 0.497 e. The summed E-state index contributed by atoms with van der Waals surface area (Å²) >= 11 is 0. The number of ether oxygens (including phenoxy) is 1. The van der Waals surface area contributed by atoms with Crippen LogP contribution in [0.4, 0.5) is 0 Å². The molecule has 1 aromatic carbocycles. The Kier molecular flexibility index (Phi) is 5.16. The second kappa shape index (κ2) is 7.88. The number of rotatable bonds is 6. The van der Waals surface area contributed by atoms with Crippen molar-refractivity contribution in [3.05, 3.63) is 66.1 Å². The Hall–Kier alpha value is -2.73. The lowest BCUT2D eigenvalue weighted by atomic mass is 10.1. The highest BCUT2D eigenvalue weighted by atomic mass is 16.5. The summed E-state index contributed by atoms with van der Waals surface area (Å²) in [5.41, 5.74) is 2.32. The molecule has 1 aliphatic heterocycles. The van der Waals surface area contributed by atoms with E-state index in [0.29, 0.717) is 6.04 Å². The van der Waals surface area contributed by atoms with Crippen molar-refractivity contribution < 1.29 is 4.74 Å². The lowest BCUT2D eigenvalue weighted by molar-refractivity contribution is 0.244. The second-order valence-electron chi connectivity index (χ2n) is 6.85. The van der Waals surface area contributed by atoms with E-state index < -0.39 is 0 Å². The van der Waals surface area contributed by atoms with Crippen molar-refractivity contribution in [2.45, 2.75) is 38.8 Å². The Morgan fingerprint density at radius 1 is 1.19 bits per heavy atom. The average molecular weight is 363 g/mol. The highest BCUT2D eigenvalue weighted by Gasteiger charge is 2.27. The molecule has 3 aromatic rings. The molecule has 27 heavy (non-hydrogen) atoms. The molecule has 140 valence electrons. The highest BCUT2D eigenvalue weighted by molar-refractivity contribution is 5.28. The number of likely N-dealkylation sites (tertiary alicyclic amines) is 1. The fraction of sp³-hybridized carbons (Fsp3) is 0.381. The number of imidazole rings is 1. The van der Waals surface area contributed by atoms with Crippen LogP contribution in [-0.4, -0.2) is 38.1 Å². The van der Waals surface area contributed by atoms with Crippen molar-refractivity contribution in [2.75, 3.05) is 13.7 Å². The molecule has 0 N–H and O–H groups in total. The molecule has 3 heterocycles. The van der Waals surface area contributed by atoms with Gasteiger partial charge in [0.2, 0.25) is 0 Å². The Bertz CT molecular complexity index is 890. The van der Waals surface area contributed by atoms with Gasteiger partial charge in [0.1, 0.15) is 11.6 Å². The van der Waals surface area contributed by atoms with Crippen molar-refractivity contribution >= 4 is 0 Å². The van der Waals surface area contributed by atoms with Crippen molar-refractivity contribution in [2.24, 2.45) is 0 Å². The fourth-order valence-corrected chi connectivity index (χ4v) is 3.77. The summed E-state index contributed by atoms with van der Waals surface area (Å²) < 4.78 is 7.28. The molecule has 0 aliphatic carbocycles. The van der Waals surface area contributed by atoms with E-state index in [9.17, 15) is 0 Å². The van der Waals surface area contributed by atoms with Gasteiger partial charge in [-0.25, -0.2) is 9.97 Å². The third-order valence-electron chi connectivity index (χ3n) is 5.17. The summed E-state index contributed by atoms with van der Waals surface area (Å²) in [5.74, 6) is 2.74. The third kappa shape index (κ3) is 3.71. The van der Waals surface area contributed by atoms with E-state index >= 15 is 0 Å². The van der Waals surface area contributed by atoms with Gasteiger partial charge in [-0.3, -0.25) is 14.5 Å². The zero-order valence-electron chi connectivity index (χ0n) is 15.9. The summed E-state index contributed by atoms with van der Waals surface area (Å²) in [6.45, 7) is 4.09. The first-order valence-corrected chi connectivity index (χ1v) is 9.50. The second-order valence-corrected chi connectivity index (χ2v) is 6.85. The number of aryl methyl sites for hydroxylation is 1. The zero-order chi connectivity index (χ0) is 18.6. The van der Waals surface area contributed by atoms with Gasteiger partial charge in [-0.05, 0) is 37.1 Å². The molecule has 0 amide bonds. The van der Waals surface area contributed by atoms with E-state index in [0.717, 1.165) is 49.0 Å². The van der Waals surface area contributed by atoms with Gasteiger partial charge in [0.15, 0.2) is 5.82 Å². The van der Waals surface area contributed by atoms with Crippen molar-refractivity contribution in [3.63, 3.8) is 0 Å². The highest BCUT2D eigenvalue weighted by Crippen LogP contribution is 2.32. The Balaban J connectivity index is 1.55. The molecule has 0 bridgehead atoms. The summed E-state index contributed by atoms with van der Waals surface area (Å²) in [7, 11) is 1.70. The van der Waals surface area contributed by atoms with Crippen LogP contribution in [0, 0.1) is 0 Å². The molecule has 6 nitrogen and oxygen atoms in total. The molecule has 4 rings (SSSR count). The molecule has 1 atom stereocenters. The van der Waals surface area contributed by atoms with Crippen LogP contribution < -0.4 is 4.74 Å². The Labute approximate surface area is 159 Å². The van der Waals surface area contributed by atoms with Crippen molar-refractivity contribution in [1.29, 1.82) is 0 Å². The average Bonchev–Trinajstić information content (AvgIpc) is 3.38. The van der Waals surface area contributed by atoms with Gasteiger partial charge in [-0.1, -0.05) is 19.1 Å². The predicted octanol–water partition coefficient (Wildman–Crippen LogP) is 3.57. The molecule has 0 unspecified atom stereocenters. The molecule has 6 heteroatoms. The van der Waals surface area contributed by atoms with Crippen LogP contribution >= 0.6 is 0 Å². The van der Waals surface area contributed by atoms with E-state index in [4.69, 9.17) is 9.72 Å². The van der Waals surface area contributed by atoms with Gasteiger partial charge in [0.25, 0.3) is 0 Å². The molecule has 0 spiro atoms. The number of aromatic nitrogens is 4. The number of hydrogen-bond acceptors (Lipinski definition) is 5. The smallest absolute Gasteiger partial charge is 0.156 e. The maximum atomic E-state index is 5.26. The number of hydrogen-bond donors (Lipinski definition) is 0. The topological polar surface area (TPSA) is 56.1 Å². The van der Waals surface area contributed by atoms with Crippen LogP contribution in [0.5, 0.6) is 5.75 Å². The first kappa shape index (κ1) is 17.7. The van der Waals surface area contributed by atoms with Crippen molar-refractivity contribution in [1.82, 2.24) is 24.4 Å². The molecule has 1 aliphatic rings. The van der Waals surface area contributed by atoms with Gasteiger partial charge < -0.3 is 4.74 Å². The summed E-state index contributed by atoms with van der Waals surface area (Å²) in [6, 6.07) is 8.61. The van der Waals surface area contributed by atoms with Gasteiger partial charge in [-0.2, -0.15) is 0 Å². The molecular formula is C21H25N5O. The van der Waals surface area contributed by atoms with Crippen LogP contribution in [0.1, 0.15) is 42.9 Å². The lowest BCUT2D eigenvalue weighted by Crippen LogP contribution is -2.24. The first-order valence-electron chi connectivity index (χ1n) is 9.50. The molecule has 2 aromatic heterocycles. The number of nitrogens with zero attached hydrogens (tertiary/aromatic N) is 5. The maximum Gasteiger partial charge on any atom is 0.156 e. The lowest BCUT2D eigenvalue weighted by Gasteiger charge is -2.24. The van der Waals surface area contributed by atoms with E-state index in [2.05, 4.69) is 33.9 Å². The molecule has 0 saturated carbocycles. The monoisotopic (exact) mass is 363 g/mol. The minimum atomic E-state index is 0.299. The number of methoxy groups -OCH3 is 1. The van der Waals surface area contributed by atoms with Crippen LogP contribution in [0.2, 0.25) is 0 Å². The maximum absolute atomic E-state index is 5.26. The van der Waals surface area contributed by atoms with Crippen LogP contribution in [0.25, 0.3) is 5.82 Å². The molecular weight excluding hydrogens is 338 g/mol. The number of benzene rings is 1. The van der Waals surface area contributed by atoms with Crippen LogP contribution in [-0.2, 0) is 13.0 Å². The SMILES string of the molecule is CCc1nccn1-c1cncc([C@@H]2CCCN2Cc2ccc(OC)cc2)n1. The van der Waals surface area contributed by atoms with E-state index in [1.807, 2.05) is 41.5 Å². The summed E-state index contributed by atoms with van der Waals surface area (Å²) in [4.78, 5) is 16.3. The van der Waals surface area contributed by atoms with Gasteiger partial charge in [0.05, 0.1) is 31.2 Å². The Morgan fingerprint density at radius 3 is 2.81 bits per heavy atom. The summed E-state index contributed by atoms with van der Waals surface area (Å²) in [5, 5.41) is 0. The van der Waals surface area contributed by atoms with Crippen LogP contribution in [0.3, 0.4) is 0 Å². The molecule has 1 saturated heterocycles. The van der Waals surface area contributed by atoms with E-state index in [1.165, 1.54) is 12.0 Å². The van der Waals surface area contributed by atoms with Gasteiger partial charge in [0, 0.05) is 25.4 Å². The normalized spacial score (nSPS) is 17.3. The standard InChI is InChI=1S/C21H25N5O/c1-3-20-23-10-12-26(20)21-14-22-13-18(24-21)19-5-4-11-25(19)15-16-6-8-17(27-2)9-7-16/h6-10,12-14,19H,3-5,11,15H2,1-2H3/t19-/m0/s1. The fourth-order valence-electron chi connectivity index (χ4n) is 3.77. The quantitative estimate of drug-likeness (QED) is 0.670. The minimum Gasteiger partial charge on any atom is -0.497 e. The first-order chi connectivity index (χ1) is 13.3. The van der Waals surface area contributed by atoms with Gasteiger partial charge >= 0.3 is 0 Å². The van der Waals surface area contributed by atoms with E-state index in [-0.39, 0.29) is 0 Å². The van der Waals surface area contributed by atoms with Gasteiger partial charge in [-0.15, -0.1) is 0 Å². The molecule has 1 fully saturated rings.